The van der Waals surface area contributed by atoms with Crippen molar-refractivity contribution in [2.75, 3.05) is 0 Å². The van der Waals surface area contributed by atoms with E-state index >= 15 is 0 Å². The van der Waals surface area contributed by atoms with Crippen LogP contribution in [0.1, 0.15) is 46.4 Å². The van der Waals surface area contributed by atoms with E-state index in [9.17, 15) is 18.2 Å². The van der Waals surface area contributed by atoms with Crippen molar-refractivity contribution in [3.05, 3.63) is 261 Å². The number of nitrogens with zero attached hydrogens (tertiary/aromatic N) is 2. The summed E-state index contributed by atoms with van der Waals surface area (Å²) in [4.78, 5) is 6.73. The highest BCUT2D eigenvalue weighted by molar-refractivity contribution is 6.76. The summed E-state index contributed by atoms with van der Waals surface area (Å²) in [5.74, 6) is 3.42. The quantitative estimate of drug-likeness (QED) is 0.0990. The highest BCUT2D eigenvalue weighted by Gasteiger charge is 2.41. The van der Waals surface area contributed by atoms with E-state index in [2.05, 4.69) is 9.69 Å². The van der Waals surface area contributed by atoms with Crippen molar-refractivity contribution < 1.29 is 74.5 Å². The molecule has 0 bridgehead atoms. The Hall–Kier alpha value is -8.86. The predicted octanol–water partition coefficient (Wildman–Crippen LogP) is 9.36. The van der Waals surface area contributed by atoms with Crippen LogP contribution < -0.4 is 47.0 Å². The molecule has 15 nitrogen and oxygen atoms in total. The molecule has 6 aliphatic rings. The fourth-order valence-corrected chi connectivity index (χ4v) is 10.2. The molecule has 0 aliphatic carbocycles. The second-order valence-electron chi connectivity index (χ2n) is 20.6. The van der Waals surface area contributed by atoms with Crippen LogP contribution in [0.15, 0.2) is 182 Å². The SMILES string of the molecule is C.Fc1ccc2c(c1)COB2OB1OCc2cc(F)ccc21.OB1OCc2cc(F)ccc21.[C-]#[N+]c1ccc(Oc2ccc3c(c2)COB3O)cc1.[C-]#[N+]c1ccc(Oc2ccc3c(c2)COB3OB2OCc3cc(Oc4ccc(C)cc4)ccc32)cc1. The first-order valence-corrected chi connectivity index (χ1v) is 27.5. The van der Waals surface area contributed by atoms with Crippen molar-refractivity contribution in [1.29, 1.82) is 0 Å². The van der Waals surface area contributed by atoms with Gasteiger partial charge in [0.15, 0.2) is 11.4 Å². The average Bonchev–Trinajstić information content (AvgIpc) is 3.85. The van der Waals surface area contributed by atoms with Gasteiger partial charge in [-0.3, -0.25) is 0 Å². The van der Waals surface area contributed by atoms with Gasteiger partial charge in [0.25, 0.3) is 0 Å². The van der Waals surface area contributed by atoms with Gasteiger partial charge in [-0.05, 0) is 182 Å². The van der Waals surface area contributed by atoms with Crippen molar-refractivity contribution in [2.24, 2.45) is 0 Å². The number of rotatable bonds is 10. The fraction of sp³-hybridized carbons (Fsp3) is 0.125. The highest BCUT2D eigenvalue weighted by Crippen LogP contribution is 2.30. The minimum Gasteiger partial charge on any atom is -0.457 e. The second kappa shape index (κ2) is 27.5. The topological polar surface area (TPSA) is 151 Å². The number of fused-ring (bicyclic) bond motifs is 6. The number of aryl methyl sites for hydroxylation is 1. The number of benzene rings is 9. The fourth-order valence-electron chi connectivity index (χ4n) is 10.2. The molecule has 0 saturated heterocycles. The molecule has 0 aromatic heterocycles. The molecule has 0 unspecified atom stereocenters. The lowest BCUT2D eigenvalue weighted by atomic mass is 9.71. The minimum absolute atomic E-state index is 0. The van der Waals surface area contributed by atoms with E-state index in [1.54, 1.807) is 78.9 Å². The summed E-state index contributed by atoms with van der Waals surface area (Å²) in [6.45, 7) is 18.2. The van der Waals surface area contributed by atoms with Gasteiger partial charge in [-0.15, -0.1) is 0 Å². The van der Waals surface area contributed by atoms with E-state index in [-0.39, 0.29) is 24.9 Å². The van der Waals surface area contributed by atoms with Crippen LogP contribution in [0.25, 0.3) is 9.69 Å². The molecule has 0 radical (unpaired) electrons. The first-order valence-electron chi connectivity index (χ1n) is 27.5. The molecular weight excluding hydrogens is 1130 g/mol. The van der Waals surface area contributed by atoms with Gasteiger partial charge >= 0.3 is 42.7 Å². The van der Waals surface area contributed by atoms with Gasteiger partial charge in [-0.25, -0.2) is 22.9 Å². The molecule has 0 spiro atoms. The third kappa shape index (κ3) is 14.3. The minimum atomic E-state index is -0.870. The third-order valence-corrected chi connectivity index (χ3v) is 14.7. The van der Waals surface area contributed by atoms with Crippen LogP contribution >= 0.6 is 0 Å². The van der Waals surface area contributed by atoms with Crippen LogP contribution in [-0.2, 0) is 76.7 Å². The molecule has 0 saturated carbocycles. The van der Waals surface area contributed by atoms with E-state index in [1.165, 1.54) is 42.0 Å². The summed E-state index contributed by atoms with van der Waals surface area (Å²) in [5.41, 5.74) is 12.6. The van der Waals surface area contributed by atoms with Gasteiger partial charge in [0, 0.05) is 0 Å². The Bertz CT molecular complexity index is 4010. The molecule has 88 heavy (non-hydrogen) atoms. The Morgan fingerprint density at radius 1 is 0.352 bits per heavy atom. The van der Waals surface area contributed by atoms with Crippen molar-refractivity contribution in [3.63, 3.8) is 0 Å². The predicted molar refractivity (Wildman–Crippen MR) is 330 cm³/mol. The number of hydrogen-bond acceptors (Lipinski definition) is 13. The number of hydrogen-bond donors (Lipinski definition) is 2. The molecular formula is C64H51B6F3N2O13. The first kappa shape index (κ1) is 60.8. The Morgan fingerprint density at radius 2 is 0.614 bits per heavy atom. The zero-order valence-corrected chi connectivity index (χ0v) is 46.4. The molecule has 9 aromatic carbocycles. The van der Waals surface area contributed by atoms with E-state index in [0.717, 1.165) is 72.2 Å². The lowest BCUT2D eigenvalue weighted by Crippen LogP contribution is -2.43. The molecule has 15 rings (SSSR count). The van der Waals surface area contributed by atoms with E-state index in [1.807, 2.05) is 73.7 Å². The zero-order valence-electron chi connectivity index (χ0n) is 46.4. The Morgan fingerprint density at radius 3 is 0.966 bits per heavy atom. The third-order valence-electron chi connectivity index (χ3n) is 14.7. The van der Waals surface area contributed by atoms with Gasteiger partial charge in [0.2, 0.25) is 0 Å². The second-order valence-corrected chi connectivity index (χ2v) is 20.6. The van der Waals surface area contributed by atoms with Crippen LogP contribution in [0.3, 0.4) is 0 Å². The summed E-state index contributed by atoms with van der Waals surface area (Å²) in [6, 6.07) is 52.3. The normalized spacial score (nSPS) is 14.2. The van der Waals surface area contributed by atoms with Crippen LogP contribution in [0.5, 0.6) is 34.5 Å². The lowest BCUT2D eigenvalue weighted by Gasteiger charge is -2.13. The van der Waals surface area contributed by atoms with Gasteiger partial charge < -0.3 is 61.3 Å². The van der Waals surface area contributed by atoms with Crippen molar-refractivity contribution >= 4 is 86.9 Å². The molecule has 0 amide bonds. The Labute approximate surface area is 508 Å². The van der Waals surface area contributed by atoms with E-state index in [4.69, 9.17) is 69.4 Å². The molecule has 6 heterocycles. The van der Waals surface area contributed by atoms with Gasteiger partial charge in [0.05, 0.1) is 52.8 Å². The zero-order chi connectivity index (χ0) is 60.0. The smallest absolute Gasteiger partial charge is 0.457 e. The number of halogens is 3. The van der Waals surface area contributed by atoms with E-state index in [0.29, 0.717) is 79.5 Å². The van der Waals surface area contributed by atoms with Crippen molar-refractivity contribution in [2.45, 2.75) is 54.0 Å². The molecule has 0 fully saturated rings. The molecule has 6 aliphatic heterocycles. The summed E-state index contributed by atoms with van der Waals surface area (Å²) in [5, 5.41) is 18.7. The van der Waals surface area contributed by atoms with Crippen molar-refractivity contribution in [3.8, 4) is 34.5 Å². The van der Waals surface area contributed by atoms with Crippen LogP contribution in [0.4, 0.5) is 24.5 Å². The Balaban J connectivity index is 0.000000131. The maximum Gasteiger partial charge on any atom is 0.491 e. The maximum absolute atomic E-state index is 13.2. The lowest BCUT2D eigenvalue weighted by molar-refractivity contribution is 0.238. The number of ether oxygens (including phenoxy) is 3. The summed E-state index contributed by atoms with van der Waals surface area (Å²) in [7, 11) is -3.93. The molecule has 2 N–H and O–H groups in total. The summed E-state index contributed by atoms with van der Waals surface area (Å²) in [6.07, 6.45) is 0. The van der Waals surface area contributed by atoms with Gasteiger partial charge in [-0.1, -0.05) is 85.8 Å². The van der Waals surface area contributed by atoms with Crippen LogP contribution in [0, 0.1) is 37.5 Å². The maximum atomic E-state index is 13.2. The molecule has 434 valence electrons. The van der Waals surface area contributed by atoms with E-state index < -0.39 is 42.7 Å². The molecule has 9 aromatic rings. The summed E-state index contributed by atoms with van der Waals surface area (Å²) >= 11 is 0. The molecule has 24 heteroatoms. The first-order chi connectivity index (χ1) is 42.4. The average molecular weight is 1180 g/mol. The van der Waals surface area contributed by atoms with Gasteiger partial charge in [-0.2, -0.15) is 0 Å². The van der Waals surface area contributed by atoms with Gasteiger partial charge in [0.1, 0.15) is 51.9 Å². The van der Waals surface area contributed by atoms with Crippen LogP contribution in [-0.4, -0.2) is 52.8 Å². The van der Waals surface area contributed by atoms with Crippen LogP contribution in [0.2, 0.25) is 0 Å². The van der Waals surface area contributed by atoms with Crippen molar-refractivity contribution in [1.82, 2.24) is 0 Å². The summed E-state index contributed by atoms with van der Waals surface area (Å²) < 4.78 is 102. The largest absolute Gasteiger partial charge is 0.491 e. The Kier molecular flexibility index (Phi) is 19.0. The highest BCUT2D eigenvalue weighted by atomic mass is 19.1. The molecule has 0 atom stereocenters. The monoisotopic (exact) mass is 1180 g/mol. The standard InChI is InChI=1S/C28H21B2NO5.C14H10B2F2O3.C14H10BNO3.C7H6BFO2.CH4/c1-19-3-7-23(8-4-19)34-25-11-13-27-20(15-25)17-32-29(27)36-30-28-14-12-26(16-21(28)18-33-30)35-24-9-5-22(31-2)6-10-24;17-11-1-3-13-9(5-11)7-19-15(13)21-16-14-4-2-12(18)6-10(14)8-20-16;1-16-11-2-4-12(5-3-11)19-13-6-7-14-10(8-13)9-18-15(14)17;9-6-1-2-7-5(3-6)4-11-8(7)10;/h3-16H,17-18H2,1H3;1-6H,7-8H2;2-8,17H,9H2;1-3,10H,4H2;1H4.